The number of hydrogen-bond donors (Lipinski definition) is 0. The average molecular weight is 675 g/mol. The number of nitrogens with zero attached hydrogens (tertiary/aromatic N) is 1. The van der Waals surface area contributed by atoms with Gasteiger partial charge in [0.1, 0.15) is 11.4 Å². The largest absolute Gasteiger partial charge is 0.496 e. The second kappa shape index (κ2) is 14.1. The third kappa shape index (κ3) is 7.81. The molecular weight excluding hydrogens is 630 g/mol. The van der Waals surface area contributed by atoms with Gasteiger partial charge in [-0.1, -0.05) is 116 Å². The summed E-state index contributed by atoms with van der Waals surface area (Å²) in [5.41, 5.74) is 3.04. The Morgan fingerprint density at radius 1 is 0.773 bits per heavy atom. The molecule has 0 spiro atoms. The van der Waals surface area contributed by atoms with Crippen LogP contribution in [-0.4, -0.2) is 27.1 Å². The van der Waals surface area contributed by atoms with Crippen molar-refractivity contribution in [1.29, 1.82) is 0 Å². The number of amides is 1. The summed E-state index contributed by atoms with van der Waals surface area (Å²) in [4.78, 5) is 15.4. The molecule has 4 aromatic rings. The fourth-order valence-corrected chi connectivity index (χ4v) is 10.4. The average Bonchev–Trinajstić information content (AvgIpc) is 2.99. The van der Waals surface area contributed by atoms with E-state index < -0.39 is 20.0 Å². The van der Waals surface area contributed by atoms with Crippen molar-refractivity contribution in [1.82, 2.24) is 0 Å². The number of benzene rings is 4. The van der Waals surface area contributed by atoms with Gasteiger partial charge in [-0.05, 0) is 71.6 Å². The molecule has 232 valence electrons. The van der Waals surface area contributed by atoms with Crippen LogP contribution in [0.1, 0.15) is 58.2 Å². The highest BCUT2D eigenvalue weighted by Gasteiger charge is 2.50. The van der Waals surface area contributed by atoms with Crippen molar-refractivity contribution in [2.45, 2.75) is 70.7 Å². The molecule has 4 rings (SSSR count). The highest BCUT2D eigenvalue weighted by atomic mass is 79.9. The maximum absolute atomic E-state index is 13.7. The molecular formula is C37H44BrNO4Si. The summed E-state index contributed by atoms with van der Waals surface area (Å²) < 4.78 is 18.7. The Kier molecular flexibility index (Phi) is 10.8. The summed E-state index contributed by atoms with van der Waals surface area (Å²) in [5, 5.41) is 3.01. The van der Waals surface area contributed by atoms with E-state index in [-0.39, 0.29) is 11.6 Å². The van der Waals surface area contributed by atoms with Gasteiger partial charge in [0.2, 0.25) is 0 Å². The van der Waals surface area contributed by atoms with Crippen LogP contribution in [0.15, 0.2) is 103 Å². The normalized spacial score (nSPS) is 12.1. The van der Waals surface area contributed by atoms with E-state index in [9.17, 15) is 4.79 Å². The Hall–Kier alpha value is -3.39. The third-order valence-electron chi connectivity index (χ3n) is 7.54. The predicted octanol–water partition coefficient (Wildman–Crippen LogP) is 8.61. The minimum absolute atomic E-state index is 0.146. The summed E-state index contributed by atoms with van der Waals surface area (Å²) in [6.07, 6.45) is -0.422. The molecule has 0 saturated heterocycles. The fourth-order valence-electron chi connectivity index (χ4n) is 5.55. The zero-order valence-electron chi connectivity index (χ0n) is 26.9. The zero-order chi connectivity index (χ0) is 32.0. The maximum atomic E-state index is 13.7. The van der Waals surface area contributed by atoms with Gasteiger partial charge in [0.25, 0.3) is 8.32 Å². The van der Waals surface area contributed by atoms with Crippen LogP contribution in [0.5, 0.6) is 5.75 Å². The highest BCUT2D eigenvalue weighted by Crippen LogP contribution is 2.37. The van der Waals surface area contributed by atoms with E-state index in [1.807, 2.05) is 63.2 Å². The number of carbonyl (C=O) groups excluding carboxylic acids is 1. The minimum Gasteiger partial charge on any atom is -0.496 e. The van der Waals surface area contributed by atoms with Crippen LogP contribution in [0.3, 0.4) is 0 Å². The Morgan fingerprint density at radius 3 is 1.91 bits per heavy atom. The first-order valence-electron chi connectivity index (χ1n) is 14.9. The monoisotopic (exact) mass is 673 g/mol. The first-order chi connectivity index (χ1) is 20.9. The number of halogens is 1. The van der Waals surface area contributed by atoms with E-state index in [0.29, 0.717) is 11.9 Å². The van der Waals surface area contributed by atoms with Gasteiger partial charge >= 0.3 is 6.09 Å². The molecule has 44 heavy (non-hydrogen) atoms. The molecule has 0 aliphatic rings. The van der Waals surface area contributed by atoms with E-state index in [4.69, 9.17) is 13.9 Å². The lowest BCUT2D eigenvalue weighted by atomic mass is 10.1. The highest BCUT2D eigenvalue weighted by molar-refractivity contribution is 9.08. The van der Waals surface area contributed by atoms with Gasteiger partial charge in [-0.2, -0.15) is 0 Å². The van der Waals surface area contributed by atoms with Crippen molar-refractivity contribution < 1.29 is 18.7 Å². The molecule has 0 heterocycles. The molecule has 0 radical (unpaired) electrons. The van der Waals surface area contributed by atoms with E-state index in [1.54, 1.807) is 12.0 Å². The second-order valence-corrected chi connectivity index (χ2v) is 17.8. The van der Waals surface area contributed by atoms with E-state index in [2.05, 4.69) is 97.4 Å². The van der Waals surface area contributed by atoms with Crippen LogP contribution in [0.2, 0.25) is 5.04 Å². The van der Waals surface area contributed by atoms with Gasteiger partial charge in [-0.15, -0.1) is 0 Å². The summed E-state index contributed by atoms with van der Waals surface area (Å²) in [5.74, 6) is 0.717. The van der Waals surface area contributed by atoms with Crippen LogP contribution in [0.4, 0.5) is 10.5 Å². The molecule has 0 saturated carbocycles. The number of carbonyl (C=O) groups is 1. The molecule has 0 aliphatic carbocycles. The first kappa shape index (κ1) is 33.5. The number of rotatable bonds is 10. The van der Waals surface area contributed by atoms with E-state index in [0.717, 1.165) is 28.1 Å². The zero-order valence-corrected chi connectivity index (χ0v) is 29.5. The van der Waals surface area contributed by atoms with Crippen LogP contribution < -0.4 is 20.0 Å². The lowest BCUT2D eigenvalue weighted by Gasteiger charge is -2.43. The topological polar surface area (TPSA) is 48.0 Å². The number of anilines is 1. The lowest BCUT2D eigenvalue weighted by molar-refractivity contribution is 0.0577. The second-order valence-electron chi connectivity index (χ2n) is 13.0. The van der Waals surface area contributed by atoms with Crippen molar-refractivity contribution in [2.75, 3.05) is 12.0 Å². The number of hydrogen-bond acceptors (Lipinski definition) is 4. The number of alkyl halides is 1. The van der Waals surface area contributed by atoms with Crippen molar-refractivity contribution in [3.63, 3.8) is 0 Å². The van der Waals surface area contributed by atoms with Crippen molar-refractivity contribution >= 4 is 46.4 Å². The van der Waals surface area contributed by atoms with Crippen LogP contribution in [0.25, 0.3) is 0 Å². The van der Waals surface area contributed by atoms with Gasteiger partial charge in [0.05, 0.1) is 20.3 Å². The fraction of sp³-hybridized carbons (Fsp3) is 0.324. The summed E-state index contributed by atoms with van der Waals surface area (Å²) in [6.45, 7) is 13.1. The first-order valence-corrected chi connectivity index (χ1v) is 18.0. The molecule has 0 aromatic heterocycles. The summed E-state index contributed by atoms with van der Waals surface area (Å²) in [6, 6.07) is 35.2. The summed E-state index contributed by atoms with van der Waals surface area (Å²) >= 11 is 3.55. The molecule has 0 atom stereocenters. The third-order valence-corrected chi connectivity index (χ3v) is 13.2. The lowest BCUT2D eigenvalue weighted by Crippen LogP contribution is -2.66. The van der Waals surface area contributed by atoms with Gasteiger partial charge in [0.15, 0.2) is 0 Å². The molecule has 0 fully saturated rings. The Labute approximate surface area is 272 Å². The smallest absolute Gasteiger partial charge is 0.415 e. The summed E-state index contributed by atoms with van der Waals surface area (Å²) in [7, 11) is -1.09. The van der Waals surface area contributed by atoms with Crippen molar-refractivity contribution in [3.05, 3.63) is 120 Å². The molecule has 4 aromatic carbocycles. The SMILES string of the molecule is COc1ccc(CBr)cc1CN(C(=O)OC(C)(C)C)c1cccc(CO[Si](c2ccccc2)(c2ccccc2)C(C)(C)C)c1. The van der Waals surface area contributed by atoms with Gasteiger partial charge in [-0.25, -0.2) is 4.79 Å². The van der Waals surface area contributed by atoms with Gasteiger partial charge in [0, 0.05) is 16.6 Å². The molecule has 1 amide bonds. The molecule has 0 N–H and O–H groups in total. The van der Waals surface area contributed by atoms with Crippen LogP contribution in [0, 0.1) is 0 Å². The molecule has 0 aliphatic heterocycles. The number of ether oxygens (including phenoxy) is 2. The van der Waals surface area contributed by atoms with Gasteiger partial charge < -0.3 is 13.9 Å². The molecule has 7 heteroatoms. The van der Waals surface area contributed by atoms with E-state index in [1.165, 1.54) is 10.4 Å². The van der Waals surface area contributed by atoms with Crippen LogP contribution in [-0.2, 0) is 27.6 Å². The minimum atomic E-state index is -2.74. The van der Waals surface area contributed by atoms with Crippen molar-refractivity contribution in [3.8, 4) is 5.75 Å². The molecule has 0 bridgehead atoms. The van der Waals surface area contributed by atoms with Gasteiger partial charge in [-0.3, -0.25) is 4.90 Å². The Balaban J connectivity index is 1.74. The maximum Gasteiger partial charge on any atom is 0.415 e. The Morgan fingerprint density at radius 2 is 1.39 bits per heavy atom. The molecule has 0 unspecified atom stereocenters. The quantitative estimate of drug-likeness (QED) is 0.125. The number of methoxy groups -OCH3 is 1. The van der Waals surface area contributed by atoms with Crippen molar-refractivity contribution in [2.24, 2.45) is 0 Å². The van der Waals surface area contributed by atoms with E-state index >= 15 is 0 Å². The van der Waals surface area contributed by atoms with Crippen LogP contribution >= 0.6 is 15.9 Å². The predicted molar refractivity (Wildman–Crippen MR) is 187 cm³/mol. The standard InChI is InChI=1S/C37H44BrNO4Si/c1-36(2,3)43-35(40)39(26-30-23-28(25-38)21-22-34(30)41-7)31-16-14-15-29(24-31)27-42-44(37(4,5)6,32-17-10-8-11-18-32)33-19-12-9-13-20-33/h8-24H,25-27H2,1-7H3. The Bertz CT molecular complexity index is 1490. The molecule has 5 nitrogen and oxygen atoms in total.